The van der Waals surface area contributed by atoms with Gasteiger partial charge in [0.15, 0.2) is 11.5 Å². The van der Waals surface area contributed by atoms with Crippen molar-refractivity contribution in [1.29, 1.82) is 0 Å². The van der Waals surface area contributed by atoms with E-state index in [1.54, 1.807) is 6.07 Å². The molecule has 0 aliphatic rings. The van der Waals surface area contributed by atoms with Crippen LogP contribution < -0.4 is 9.47 Å². The van der Waals surface area contributed by atoms with Gasteiger partial charge in [0.05, 0.1) is 35.9 Å². The maximum Gasteiger partial charge on any atom is 0.307 e. The number of hydrogen-bond donors (Lipinski definition) is 2. The molecule has 27 heavy (non-hydrogen) atoms. The highest BCUT2D eigenvalue weighted by atomic mass is 35.5. The average Bonchev–Trinajstić information content (AvgIpc) is 3.00. The van der Waals surface area contributed by atoms with Gasteiger partial charge in [-0.05, 0) is 56.2 Å². The fourth-order valence-corrected chi connectivity index (χ4v) is 3.52. The van der Waals surface area contributed by atoms with E-state index < -0.39 is 5.97 Å². The van der Waals surface area contributed by atoms with Gasteiger partial charge in [-0.15, -0.1) is 0 Å². The van der Waals surface area contributed by atoms with Crippen molar-refractivity contribution in [3.8, 4) is 22.8 Å². The minimum atomic E-state index is -0.911. The molecule has 2 aromatic carbocycles. The number of aromatic amines is 1. The molecule has 5 nitrogen and oxygen atoms in total. The minimum absolute atomic E-state index is 0.129. The van der Waals surface area contributed by atoms with E-state index in [9.17, 15) is 9.90 Å². The summed E-state index contributed by atoms with van der Waals surface area (Å²) in [6.07, 6.45) is -0.129. The molecule has 142 valence electrons. The molecule has 0 saturated heterocycles. The van der Waals surface area contributed by atoms with Gasteiger partial charge in [-0.25, -0.2) is 0 Å². The zero-order valence-electron chi connectivity index (χ0n) is 15.6. The highest BCUT2D eigenvalue weighted by Crippen LogP contribution is 2.39. The number of rotatable bonds is 7. The monoisotopic (exact) mass is 387 g/mol. The summed E-state index contributed by atoms with van der Waals surface area (Å²) in [5, 5.41) is 10.7. The van der Waals surface area contributed by atoms with Crippen molar-refractivity contribution in [3.05, 3.63) is 46.5 Å². The molecule has 0 saturated carbocycles. The summed E-state index contributed by atoms with van der Waals surface area (Å²) in [6, 6.07) is 9.32. The van der Waals surface area contributed by atoms with Crippen LogP contribution in [0.25, 0.3) is 22.2 Å². The van der Waals surface area contributed by atoms with Crippen LogP contribution in [0.15, 0.2) is 30.3 Å². The van der Waals surface area contributed by atoms with Crippen molar-refractivity contribution in [2.45, 2.75) is 27.2 Å². The van der Waals surface area contributed by atoms with Crippen molar-refractivity contribution >= 4 is 28.5 Å². The van der Waals surface area contributed by atoms with Crippen LogP contribution in [0.1, 0.15) is 25.0 Å². The van der Waals surface area contributed by atoms with Crippen molar-refractivity contribution in [2.24, 2.45) is 0 Å². The Kier molecular flexibility index (Phi) is 5.61. The van der Waals surface area contributed by atoms with Gasteiger partial charge < -0.3 is 19.6 Å². The predicted octanol–water partition coefficient (Wildman–Crippen LogP) is 5.22. The molecule has 1 aromatic heterocycles. The standard InChI is InChI=1S/C21H22ClNO4/c1-4-26-16-9-7-13(10-17(16)27-5-2)21-14(11-18(24)25)19-15(22)8-6-12(3)20(19)23-21/h6-10,23H,4-5,11H2,1-3H3,(H,24,25). The Hall–Kier alpha value is -2.66. The number of nitrogens with one attached hydrogen (secondary N) is 1. The number of carboxylic acid groups (broad SMARTS) is 1. The Labute approximate surface area is 162 Å². The fraction of sp³-hybridized carbons (Fsp3) is 0.286. The molecule has 2 N–H and O–H groups in total. The second-order valence-corrected chi connectivity index (χ2v) is 6.60. The van der Waals surface area contributed by atoms with Gasteiger partial charge in [0.2, 0.25) is 0 Å². The molecular formula is C21H22ClNO4. The zero-order chi connectivity index (χ0) is 19.6. The predicted molar refractivity (Wildman–Crippen MR) is 107 cm³/mol. The van der Waals surface area contributed by atoms with Crippen molar-refractivity contribution in [1.82, 2.24) is 4.98 Å². The maximum absolute atomic E-state index is 11.5. The summed E-state index contributed by atoms with van der Waals surface area (Å²) in [6.45, 7) is 6.82. The van der Waals surface area contributed by atoms with E-state index >= 15 is 0 Å². The van der Waals surface area contributed by atoms with Gasteiger partial charge in [-0.2, -0.15) is 0 Å². The summed E-state index contributed by atoms with van der Waals surface area (Å²) < 4.78 is 11.3. The molecule has 0 atom stereocenters. The van der Waals surface area contributed by atoms with Gasteiger partial charge in [-0.1, -0.05) is 17.7 Å². The minimum Gasteiger partial charge on any atom is -0.490 e. The molecule has 0 unspecified atom stereocenters. The Bertz CT molecular complexity index is 994. The Balaban J connectivity index is 2.24. The highest BCUT2D eigenvalue weighted by Gasteiger charge is 2.20. The van der Waals surface area contributed by atoms with E-state index in [1.807, 2.05) is 45.0 Å². The van der Waals surface area contributed by atoms with Crippen LogP contribution in [0.4, 0.5) is 0 Å². The van der Waals surface area contributed by atoms with E-state index in [-0.39, 0.29) is 6.42 Å². The summed E-state index contributed by atoms with van der Waals surface area (Å²) in [4.78, 5) is 14.9. The molecule has 0 amide bonds. The summed E-state index contributed by atoms with van der Waals surface area (Å²) in [7, 11) is 0. The normalized spacial score (nSPS) is 11.0. The Morgan fingerprint density at radius 3 is 2.48 bits per heavy atom. The topological polar surface area (TPSA) is 71.6 Å². The third kappa shape index (κ3) is 3.74. The van der Waals surface area contributed by atoms with Crippen LogP contribution in [0.3, 0.4) is 0 Å². The molecule has 0 aliphatic heterocycles. The lowest BCUT2D eigenvalue weighted by Gasteiger charge is -2.12. The number of ether oxygens (including phenoxy) is 2. The molecule has 3 rings (SSSR count). The number of hydrogen-bond acceptors (Lipinski definition) is 3. The smallest absolute Gasteiger partial charge is 0.307 e. The van der Waals surface area contributed by atoms with Crippen molar-refractivity contribution < 1.29 is 19.4 Å². The summed E-state index contributed by atoms with van der Waals surface area (Å²) in [5.74, 6) is 0.374. The van der Waals surface area contributed by atoms with Crippen LogP contribution in [0, 0.1) is 6.92 Å². The molecule has 0 bridgehead atoms. The van der Waals surface area contributed by atoms with Gasteiger partial charge in [0.25, 0.3) is 0 Å². The molecule has 6 heteroatoms. The first kappa shape index (κ1) is 19.1. The van der Waals surface area contributed by atoms with Crippen LogP contribution in [-0.2, 0) is 11.2 Å². The molecule has 0 spiro atoms. The largest absolute Gasteiger partial charge is 0.490 e. The van der Waals surface area contributed by atoms with Gasteiger partial charge in [-0.3, -0.25) is 4.79 Å². The number of fused-ring (bicyclic) bond motifs is 1. The van der Waals surface area contributed by atoms with Crippen LogP contribution in [-0.4, -0.2) is 29.3 Å². The van der Waals surface area contributed by atoms with E-state index in [1.165, 1.54) is 0 Å². The first-order valence-corrected chi connectivity index (χ1v) is 9.25. The fourth-order valence-electron chi connectivity index (χ4n) is 3.24. The molecule has 0 radical (unpaired) electrons. The maximum atomic E-state index is 11.5. The Morgan fingerprint density at radius 1 is 1.11 bits per heavy atom. The summed E-state index contributed by atoms with van der Waals surface area (Å²) >= 11 is 6.41. The zero-order valence-corrected chi connectivity index (χ0v) is 16.3. The summed E-state index contributed by atoms with van der Waals surface area (Å²) in [5.41, 5.74) is 4.07. The molecule has 3 aromatic rings. The SMILES string of the molecule is CCOc1ccc(-c2[nH]c3c(C)ccc(Cl)c3c2CC(=O)O)cc1OCC. The number of H-pyrrole nitrogens is 1. The second-order valence-electron chi connectivity index (χ2n) is 6.19. The van der Waals surface area contributed by atoms with Crippen molar-refractivity contribution in [2.75, 3.05) is 13.2 Å². The first-order valence-electron chi connectivity index (χ1n) is 8.87. The van der Waals surface area contributed by atoms with E-state index in [4.69, 9.17) is 21.1 Å². The number of benzene rings is 2. The third-order valence-corrected chi connectivity index (χ3v) is 4.69. The van der Waals surface area contributed by atoms with Gasteiger partial charge in [0, 0.05) is 10.9 Å². The van der Waals surface area contributed by atoms with Crippen LogP contribution in [0.5, 0.6) is 11.5 Å². The van der Waals surface area contributed by atoms with Gasteiger partial charge >= 0.3 is 5.97 Å². The average molecular weight is 388 g/mol. The molecular weight excluding hydrogens is 366 g/mol. The highest BCUT2D eigenvalue weighted by molar-refractivity contribution is 6.36. The molecule has 0 fully saturated rings. The second kappa shape index (κ2) is 7.92. The van der Waals surface area contributed by atoms with Crippen molar-refractivity contribution in [3.63, 3.8) is 0 Å². The van der Waals surface area contributed by atoms with Gasteiger partial charge in [0.1, 0.15) is 0 Å². The number of aromatic nitrogens is 1. The van der Waals surface area contributed by atoms with E-state index in [0.717, 1.165) is 27.7 Å². The molecule has 1 heterocycles. The quantitative estimate of drug-likeness (QED) is 0.583. The number of halogens is 1. The van der Waals surface area contributed by atoms with Crippen LogP contribution >= 0.6 is 11.6 Å². The number of aliphatic carboxylic acids is 1. The lowest BCUT2D eigenvalue weighted by Crippen LogP contribution is -2.02. The number of aryl methyl sites for hydroxylation is 1. The Morgan fingerprint density at radius 2 is 1.81 bits per heavy atom. The lowest BCUT2D eigenvalue weighted by atomic mass is 10.0. The number of carbonyl (C=O) groups is 1. The van der Waals surface area contributed by atoms with E-state index in [2.05, 4.69) is 4.98 Å². The first-order chi connectivity index (χ1) is 13.0. The third-order valence-electron chi connectivity index (χ3n) is 4.38. The van der Waals surface area contributed by atoms with Crippen LogP contribution in [0.2, 0.25) is 5.02 Å². The lowest BCUT2D eigenvalue weighted by molar-refractivity contribution is -0.136. The number of carboxylic acids is 1. The molecule has 0 aliphatic carbocycles. The van der Waals surface area contributed by atoms with E-state index in [0.29, 0.717) is 35.3 Å².